The van der Waals surface area contributed by atoms with Gasteiger partial charge in [0, 0.05) is 25.6 Å². The molecule has 0 aromatic carbocycles. The highest BCUT2D eigenvalue weighted by Gasteiger charge is 2.35. The van der Waals surface area contributed by atoms with Crippen LogP contribution in [0.2, 0.25) is 0 Å². The molecule has 3 aliphatic heterocycles. The zero-order valence-electron chi connectivity index (χ0n) is 8.95. The molecule has 1 atom stereocenters. The quantitative estimate of drug-likeness (QED) is 0.668. The number of fused-ring (bicyclic) bond motifs is 3. The Balaban J connectivity index is 1.88. The van der Waals surface area contributed by atoms with Gasteiger partial charge in [0.1, 0.15) is 0 Å². The first-order valence-corrected chi connectivity index (χ1v) is 5.61. The molecule has 3 heteroatoms. The average molecular weight is 193 g/mol. The number of hydrogen-bond donors (Lipinski definition) is 0. The molecule has 14 heavy (non-hydrogen) atoms. The fourth-order valence-electron chi connectivity index (χ4n) is 2.83. The van der Waals surface area contributed by atoms with Gasteiger partial charge in [-0.3, -0.25) is 0 Å². The molecule has 3 rings (SSSR count). The minimum atomic E-state index is 0.666. The first-order chi connectivity index (χ1) is 6.81. The minimum absolute atomic E-state index is 0.666. The Morgan fingerprint density at radius 2 is 2.14 bits per heavy atom. The van der Waals surface area contributed by atoms with Gasteiger partial charge in [-0.15, -0.1) is 0 Å². The second-order valence-corrected chi connectivity index (χ2v) is 4.59. The van der Waals surface area contributed by atoms with Crippen LogP contribution < -0.4 is 0 Å². The zero-order valence-corrected chi connectivity index (χ0v) is 8.95. The highest BCUT2D eigenvalue weighted by molar-refractivity contribution is 4.92. The van der Waals surface area contributed by atoms with Gasteiger partial charge in [-0.1, -0.05) is 0 Å². The van der Waals surface area contributed by atoms with Gasteiger partial charge in [0.05, 0.1) is 6.07 Å². The summed E-state index contributed by atoms with van der Waals surface area (Å²) in [6, 6.07) is 2.94. The third-order valence-corrected chi connectivity index (χ3v) is 3.76. The standard InChI is InChI=1S/C11H19N3/c1-13(6-2-5-12)11-9-14-7-3-10(11)4-8-14/h10-11H,2-4,6-9H2,1H3. The van der Waals surface area contributed by atoms with E-state index in [1.165, 1.54) is 32.5 Å². The molecule has 0 aliphatic carbocycles. The van der Waals surface area contributed by atoms with Crippen molar-refractivity contribution in [3.63, 3.8) is 0 Å². The normalized spacial score (nSPS) is 35.9. The van der Waals surface area contributed by atoms with Crippen LogP contribution in [-0.2, 0) is 0 Å². The van der Waals surface area contributed by atoms with Crippen molar-refractivity contribution in [2.45, 2.75) is 25.3 Å². The maximum Gasteiger partial charge on any atom is 0.0635 e. The zero-order chi connectivity index (χ0) is 9.97. The second kappa shape index (κ2) is 4.29. The summed E-state index contributed by atoms with van der Waals surface area (Å²) in [5.74, 6) is 0.892. The van der Waals surface area contributed by atoms with Gasteiger partial charge < -0.3 is 9.80 Å². The second-order valence-electron chi connectivity index (χ2n) is 4.59. The number of nitrogens with zero attached hydrogens (tertiary/aromatic N) is 3. The van der Waals surface area contributed by atoms with Gasteiger partial charge in [0.25, 0.3) is 0 Å². The van der Waals surface area contributed by atoms with Crippen molar-refractivity contribution in [2.24, 2.45) is 5.92 Å². The molecule has 0 amide bonds. The molecule has 78 valence electrons. The SMILES string of the molecule is CN(CCC#N)C1CN2CCC1CC2. The maximum atomic E-state index is 8.56. The van der Waals surface area contributed by atoms with Crippen molar-refractivity contribution in [1.29, 1.82) is 5.26 Å². The Kier molecular flexibility index (Phi) is 3.05. The molecule has 0 saturated carbocycles. The summed E-state index contributed by atoms with van der Waals surface area (Å²) in [5.41, 5.74) is 0. The number of hydrogen-bond acceptors (Lipinski definition) is 3. The number of rotatable bonds is 3. The third kappa shape index (κ3) is 1.92. The Hall–Kier alpha value is -0.590. The monoisotopic (exact) mass is 193 g/mol. The molecule has 3 nitrogen and oxygen atoms in total. The van der Waals surface area contributed by atoms with E-state index in [0.717, 1.165) is 12.5 Å². The number of piperidine rings is 3. The van der Waals surface area contributed by atoms with Gasteiger partial charge in [-0.2, -0.15) is 5.26 Å². The highest BCUT2D eigenvalue weighted by Crippen LogP contribution is 2.30. The van der Waals surface area contributed by atoms with E-state index < -0.39 is 0 Å². The van der Waals surface area contributed by atoms with Crippen LogP contribution in [0, 0.1) is 17.2 Å². The van der Waals surface area contributed by atoms with E-state index in [-0.39, 0.29) is 0 Å². The lowest BCUT2D eigenvalue weighted by Gasteiger charge is -2.48. The lowest BCUT2D eigenvalue weighted by molar-refractivity contribution is 0.0176. The van der Waals surface area contributed by atoms with Gasteiger partial charge >= 0.3 is 0 Å². The lowest BCUT2D eigenvalue weighted by Crippen LogP contribution is -2.56. The van der Waals surface area contributed by atoms with E-state index in [4.69, 9.17) is 5.26 Å². The van der Waals surface area contributed by atoms with Crippen LogP contribution in [0.5, 0.6) is 0 Å². The third-order valence-electron chi connectivity index (χ3n) is 3.76. The fraction of sp³-hybridized carbons (Fsp3) is 0.909. The minimum Gasteiger partial charge on any atom is -0.302 e. The van der Waals surface area contributed by atoms with E-state index in [9.17, 15) is 0 Å². The van der Waals surface area contributed by atoms with Crippen LogP contribution in [0.3, 0.4) is 0 Å². The summed E-state index contributed by atoms with van der Waals surface area (Å²) in [5, 5.41) is 8.56. The summed E-state index contributed by atoms with van der Waals surface area (Å²) in [6.45, 7) is 4.76. The highest BCUT2D eigenvalue weighted by atomic mass is 15.2. The van der Waals surface area contributed by atoms with E-state index in [0.29, 0.717) is 12.5 Å². The molecular formula is C11H19N3. The predicted octanol–water partition coefficient (Wildman–Crippen LogP) is 0.926. The average Bonchev–Trinajstić information content (AvgIpc) is 2.27. The summed E-state index contributed by atoms with van der Waals surface area (Å²) in [4.78, 5) is 4.95. The molecule has 3 fully saturated rings. The van der Waals surface area contributed by atoms with Gasteiger partial charge in [-0.25, -0.2) is 0 Å². The van der Waals surface area contributed by atoms with E-state index in [1.54, 1.807) is 0 Å². The maximum absolute atomic E-state index is 8.56. The number of likely N-dealkylation sites (N-methyl/N-ethyl adjacent to an activating group) is 1. The molecular weight excluding hydrogens is 174 g/mol. The first kappa shape index (κ1) is 9.95. The van der Waals surface area contributed by atoms with Crippen LogP contribution in [0.25, 0.3) is 0 Å². The van der Waals surface area contributed by atoms with Crippen LogP contribution in [0.15, 0.2) is 0 Å². The first-order valence-electron chi connectivity index (χ1n) is 5.61. The fourth-order valence-corrected chi connectivity index (χ4v) is 2.83. The Bertz CT molecular complexity index is 225. The topological polar surface area (TPSA) is 30.3 Å². The van der Waals surface area contributed by atoms with E-state index in [2.05, 4.69) is 22.9 Å². The predicted molar refractivity (Wildman–Crippen MR) is 55.8 cm³/mol. The van der Waals surface area contributed by atoms with Gasteiger partial charge in [0.2, 0.25) is 0 Å². The molecule has 3 saturated heterocycles. The summed E-state index contributed by atoms with van der Waals surface area (Å²) < 4.78 is 0. The molecule has 0 spiro atoms. The molecule has 0 N–H and O–H groups in total. The lowest BCUT2D eigenvalue weighted by atomic mass is 9.83. The molecule has 3 heterocycles. The van der Waals surface area contributed by atoms with Gasteiger partial charge in [0.15, 0.2) is 0 Å². The molecule has 3 aliphatic rings. The van der Waals surface area contributed by atoms with Crippen molar-refractivity contribution in [3.05, 3.63) is 0 Å². The van der Waals surface area contributed by atoms with Crippen LogP contribution >= 0.6 is 0 Å². The number of nitriles is 1. The Labute approximate surface area is 86.3 Å². The largest absolute Gasteiger partial charge is 0.302 e. The van der Waals surface area contributed by atoms with Crippen molar-refractivity contribution >= 4 is 0 Å². The summed E-state index contributed by atoms with van der Waals surface area (Å²) in [6.07, 6.45) is 3.39. The smallest absolute Gasteiger partial charge is 0.0635 e. The van der Waals surface area contributed by atoms with Crippen LogP contribution in [0.4, 0.5) is 0 Å². The van der Waals surface area contributed by atoms with Crippen LogP contribution in [0.1, 0.15) is 19.3 Å². The Morgan fingerprint density at radius 1 is 1.43 bits per heavy atom. The molecule has 1 unspecified atom stereocenters. The van der Waals surface area contributed by atoms with Crippen molar-refractivity contribution in [1.82, 2.24) is 9.80 Å². The van der Waals surface area contributed by atoms with Crippen LogP contribution in [-0.4, -0.2) is 49.1 Å². The molecule has 0 aromatic heterocycles. The van der Waals surface area contributed by atoms with E-state index in [1.807, 2.05) is 0 Å². The van der Waals surface area contributed by atoms with Crippen molar-refractivity contribution in [3.8, 4) is 6.07 Å². The van der Waals surface area contributed by atoms with Crippen molar-refractivity contribution < 1.29 is 0 Å². The summed E-state index contributed by atoms with van der Waals surface area (Å²) in [7, 11) is 2.17. The molecule has 0 aromatic rings. The van der Waals surface area contributed by atoms with Gasteiger partial charge in [-0.05, 0) is 38.9 Å². The van der Waals surface area contributed by atoms with E-state index >= 15 is 0 Å². The van der Waals surface area contributed by atoms with Crippen molar-refractivity contribution in [2.75, 3.05) is 33.2 Å². The molecule has 0 radical (unpaired) electrons. The molecule has 2 bridgehead atoms. The Morgan fingerprint density at radius 3 is 2.64 bits per heavy atom. The summed E-state index contributed by atoms with van der Waals surface area (Å²) >= 11 is 0.